The van der Waals surface area contributed by atoms with Crippen LogP contribution in [0.5, 0.6) is 0 Å². The number of halogens is 2. The van der Waals surface area contributed by atoms with Gasteiger partial charge < -0.3 is 24.3 Å². The first kappa shape index (κ1) is 36.4. The maximum Gasteiger partial charge on any atom is 0.414 e. The van der Waals surface area contributed by atoms with E-state index in [4.69, 9.17) is 9.47 Å². The Bertz CT molecular complexity index is 1860. The zero-order chi connectivity index (χ0) is 36.5. The summed E-state index contributed by atoms with van der Waals surface area (Å²) in [5, 5.41) is 2.98. The number of ether oxygens (including phenoxy) is 2. The standard InChI is InChI=1S/C36H46F2N8O4/c1-21(2)46-22(3)41-31-26(37)16-24(17-28(31)46)30-27(38)19-40-32(43-30)42-29-11-10-25(18-39-29)45(34(48)50-36(7,8)9)20-23-12-14-44(15-13-23)33(47)49-35(4,5)6/h10-11,16-19,21,23H,12-15,20H2,1-9H3,(H,39,40,42,43). The molecular formula is C36H46F2N8O4. The lowest BCUT2D eigenvalue weighted by molar-refractivity contribution is 0.0182. The fourth-order valence-corrected chi connectivity index (χ4v) is 5.91. The first-order valence-electron chi connectivity index (χ1n) is 16.8. The zero-order valence-electron chi connectivity index (χ0n) is 30.2. The minimum atomic E-state index is -0.720. The van der Waals surface area contributed by atoms with Gasteiger partial charge in [0.15, 0.2) is 11.6 Å². The molecule has 268 valence electrons. The molecule has 0 unspecified atom stereocenters. The Kier molecular flexibility index (Phi) is 10.3. The summed E-state index contributed by atoms with van der Waals surface area (Å²) in [6.07, 6.45) is 3.07. The molecule has 0 bridgehead atoms. The molecule has 4 aromatic rings. The molecule has 0 spiro atoms. The highest BCUT2D eigenvalue weighted by Gasteiger charge is 2.31. The van der Waals surface area contributed by atoms with Crippen LogP contribution in [-0.2, 0) is 9.47 Å². The third-order valence-electron chi connectivity index (χ3n) is 8.08. The van der Waals surface area contributed by atoms with Gasteiger partial charge in [-0.05, 0) is 105 Å². The summed E-state index contributed by atoms with van der Waals surface area (Å²) in [4.78, 5) is 46.4. The maximum atomic E-state index is 15.1. The smallest absolute Gasteiger partial charge is 0.414 e. The number of carbonyl (C=O) groups excluding carboxylic acids is 2. The number of piperidine rings is 1. The topological polar surface area (TPSA) is 128 Å². The Morgan fingerprint density at radius 1 is 0.960 bits per heavy atom. The molecule has 14 heteroatoms. The fraction of sp³-hybridized carbons (Fsp3) is 0.500. The van der Waals surface area contributed by atoms with Crippen LogP contribution < -0.4 is 10.2 Å². The first-order valence-corrected chi connectivity index (χ1v) is 16.8. The van der Waals surface area contributed by atoms with Crippen LogP contribution in [0.4, 0.5) is 35.8 Å². The third kappa shape index (κ3) is 8.64. The summed E-state index contributed by atoms with van der Waals surface area (Å²) in [7, 11) is 0. The van der Waals surface area contributed by atoms with E-state index >= 15 is 8.78 Å². The van der Waals surface area contributed by atoms with Gasteiger partial charge in [0.2, 0.25) is 5.95 Å². The van der Waals surface area contributed by atoms with Gasteiger partial charge in [-0.3, -0.25) is 4.90 Å². The van der Waals surface area contributed by atoms with Crippen molar-refractivity contribution in [3.63, 3.8) is 0 Å². The lowest BCUT2D eigenvalue weighted by Gasteiger charge is -2.36. The van der Waals surface area contributed by atoms with Crippen molar-refractivity contribution in [3.05, 3.63) is 54.1 Å². The Labute approximate surface area is 291 Å². The average molecular weight is 693 g/mol. The number of likely N-dealkylation sites (tertiary alicyclic amines) is 1. The predicted octanol–water partition coefficient (Wildman–Crippen LogP) is 8.19. The van der Waals surface area contributed by atoms with Crippen molar-refractivity contribution in [1.29, 1.82) is 0 Å². The van der Waals surface area contributed by atoms with Crippen LogP contribution in [0.2, 0.25) is 0 Å². The van der Waals surface area contributed by atoms with E-state index in [9.17, 15) is 9.59 Å². The van der Waals surface area contributed by atoms with E-state index in [2.05, 4.69) is 25.3 Å². The minimum Gasteiger partial charge on any atom is -0.444 e. The van der Waals surface area contributed by atoms with Crippen LogP contribution in [0.1, 0.15) is 80.1 Å². The van der Waals surface area contributed by atoms with Gasteiger partial charge in [0.1, 0.15) is 34.1 Å². The number of rotatable bonds is 7. The van der Waals surface area contributed by atoms with Crippen molar-refractivity contribution in [2.45, 2.75) is 92.4 Å². The number of aryl methyl sites for hydroxylation is 1. The Morgan fingerprint density at radius 2 is 1.64 bits per heavy atom. The first-order chi connectivity index (χ1) is 23.4. The number of aromatic nitrogens is 5. The van der Waals surface area contributed by atoms with E-state index in [-0.39, 0.29) is 40.8 Å². The van der Waals surface area contributed by atoms with E-state index < -0.39 is 28.9 Å². The van der Waals surface area contributed by atoms with E-state index in [1.807, 2.05) is 39.2 Å². The number of hydrogen-bond donors (Lipinski definition) is 1. The van der Waals surface area contributed by atoms with Gasteiger partial charge in [-0.25, -0.2) is 38.3 Å². The van der Waals surface area contributed by atoms with Crippen molar-refractivity contribution >= 4 is 40.7 Å². The molecule has 1 aliphatic heterocycles. The molecule has 50 heavy (non-hydrogen) atoms. The highest BCUT2D eigenvalue weighted by molar-refractivity contribution is 5.88. The molecule has 1 N–H and O–H groups in total. The van der Waals surface area contributed by atoms with Crippen LogP contribution >= 0.6 is 0 Å². The van der Waals surface area contributed by atoms with E-state index in [1.54, 1.807) is 55.7 Å². The van der Waals surface area contributed by atoms with Crippen LogP contribution in [0.15, 0.2) is 36.7 Å². The second-order valence-electron chi connectivity index (χ2n) is 14.9. The number of nitrogens with zero attached hydrogens (tertiary/aromatic N) is 7. The molecule has 1 aromatic carbocycles. The largest absolute Gasteiger partial charge is 0.444 e. The SMILES string of the molecule is Cc1nc2c(F)cc(-c3nc(Nc4ccc(N(CC5CCN(C(=O)OC(C)(C)C)CC5)C(=O)OC(C)(C)C)cn4)ncc3F)cc2n1C(C)C. The lowest BCUT2D eigenvalue weighted by atomic mass is 9.96. The van der Waals surface area contributed by atoms with E-state index in [1.165, 1.54) is 12.3 Å². The molecule has 1 saturated heterocycles. The second-order valence-corrected chi connectivity index (χ2v) is 14.9. The van der Waals surface area contributed by atoms with Crippen molar-refractivity contribution in [1.82, 2.24) is 29.4 Å². The van der Waals surface area contributed by atoms with Crippen molar-refractivity contribution < 1.29 is 27.8 Å². The number of imidazole rings is 1. The predicted molar refractivity (Wildman–Crippen MR) is 187 cm³/mol. The number of amides is 2. The summed E-state index contributed by atoms with van der Waals surface area (Å²) in [5.41, 5.74) is 0.135. The lowest BCUT2D eigenvalue weighted by Crippen LogP contribution is -2.45. The molecule has 0 atom stereocenters. The number of hydrogen-bond acceptors (Lipinski definition) is 9. The summed E-state index contributed by atoms with van der Waals surface area (Å²) in [5.74, 6) is -0.132. The Balaban J connectivity index is 1.33. The van der Waals surface area contributed by atoms with Crippen LogP contribution in [0.25, 0.3) is 22.3 Å². The molecule has 4 heterocycles. The van der Waals surface area contributed by atoms with Gasteiger partial charge in [0.25, 0.3) is 0 Å². The molecule has 5 rings (SSSR count). The third-order valence-corrected chi connectivity index (χ3v) is 8.08. The van der Waals surface area contributed by atoms with Gasteiger partial charge >= 0.3 is 12.2 Å². The van der Waals surface area contributed by atoms with Crippen LogP contribution in [-0.4, -0.2) is 72.4 Å². The number of anilines is 3. The number of nitrogens with one attached hydrogen (secondary N) is 1. The average Bonchev–Trinajstić information content (AvgIpc) is 3.36. The monoisotopic (exact) mass is 692 g/mol. The summed E-state index contributed by atoms with van der Waals surface area (Å²) in [6, 6.07) is 6.28. The maximum absolute atomic E-state index is 15.1. The molecule has 0 radical (unpaired) electrons. The highest BCUT2D eigenvalue weighted by atomic mass is 19.1. The van der Waals surface area contributed by atoms with Crippen molar-refractivity contribution in [3.8, 4) is 11.3 Å². The number of benzene rings is 1. The van der Waals surface area contributed by atoms with Gasteiger partial charge in [0, 0.05) is 31.2 Å². The zero-order valence-corrected chi connectivity index (χ0v) is 30.2. The van der Waals surface area contributed by atoms with Gasteiger partial charge in [0.05, 0.1) is 23.6 Å². The molecule has 0 saturated carbocycles. The van der Waals surface area contributed by atoms with E-state index in [0.29, 0.717) is 55.3 Å². The van der Waals surface area contributed by atoms with E-state index in [0.717, 1.165) is 6.20 Å². The number of fused-ring (bicyclic) bond motifs is 1. The molecule has 1 fully saturated rings. The number of carbonyl (C=O) groups is 2. The normalized spacial score (nSPS) is 14.3. The van der Waals surface area contributed by atoms with Gasteiger partial charge in [-0.15, -0.1) is 0 Å². The molecule has 1 aliphatic rings. The Morgan fingerprint density at radius 3 is 2.24 bits per heavy atom. The highest BCUT2D eigenvalue weighted by Crippen LogP contribution is 2.31. The molecule has 12 nitrogen and oxygen atoms in total. The van der Waals surface area contributed by atoms with Crippen LogP contribution in [0.3, 0.4) is 0 Å². The summed E-state index contributed by atoms with van der Waals surface area (Å²) >= 11 is 0. The van der Waals surface area contributed by atoms with Crippen molar-refractivity contribution in [2.24, 2.45) is 5.92 Å². The minimum absolute atomic E-state index is 0.0135. The quantitative estimate of drug-likeness (QED) is 0.204. The van der Waals surface area contributed by atoms with Gasteiger partial charge in [-0.1, -0.05) is 0 Å². The molecular weight excluding hydrogens is 646 g/mol. The van der Waals surface area contributed by atoms with Crippen LogP contribution in [0, 0.1) is 24.5 Å². The molecule has 0 aliphatic carbocycles. The summed E-state index contributed by atoms with van der Waals surface area (Å²) in [6.45, 7) is 18.1. The fourth-order valence-electron chi connectivity index (χ4n) is 5.91. The summed E-state index contributed by atoms with van der Waals surface area (Å²) < 4.78 is 43.3. The number of pyridine rings is 1. The molecule has 3 aromatic heterocycles. The van der Waals surface area contributed by atoms with Gasteiger partial charge in [-0.2, -0.15) is 0 Å². The second kappa shape index (κ2) is 14.2. The van der Waals surface area contributed by atoms with Crippen molar-refractivity contribution in [2.75, 3.05) is 29.9 Å². The Hall–Kier alpha value is -4.88. The molecule has 2 amide bonds.